The van der Waals surface area contributed by atoms with Crippen molar-refractivity contribution in [3.63, 3.8) is 0 Å². The van der Waals surface area contributed by atoms with Crippen molar-refractivity contribution in [1.29, 1.82) is 0 Å². The van der Waals surface area contributed by atoms with Gasteiger partial charge in [-0.2, -0.15) is 0 Å². The zero-order chi connectivity index (χ0) is 14.7. The number of nitrogens with zero attached hydrogens (tertiary/aromatic N) is 1. The quantitative estimate of drug-likeness (QED) is 0.825. The molecule has 1 heterocycles. The molecule has 0 aromatic heterocycles. The van der Waals surface area contributed by atoms with Crippen molar-refractivity contribution in [3.05, 3.63) is 18.2 Å². The second-order valence-corrected chi connectivity index (χ2v) is 4.78. The molecule has 0 radical (unpaired) electrons. The van der Waals surface area contributed by atoms with Gasteiger partial charge in [-0.05, 0) is 19.1 Å². The fourth-order valence-corrected chi connectivity index (χ4v) is 2.26. The van der Waals surface area contributed by atoms with Gasteiger partial charge in [0.1, 0.15) is 5.75 Å². The van der Waals surface area contributed by atoms with E-state index in [4.69, 9.17) is 10.5 Å². The summed E-state index contributed by atoms with van der Waals surface area (Å²) < 4.78 is 5.10. The highest BCUT2D eigenvalue weighted by Crippen LogP contribution is 2.26. The minimum atomic E-state index is -0.326. The Morgan fingerprint density at radius 3 is 2.81 bits per heavy atom. The summed E-state index contributed by atoms with van der Waals surface area (Å²) in [4.78, 5) is 25.5. The second kappa shape index (κ2) is 7.17. The molecule has 1 saturated heterocycles. The number of rotatable bonds is 4. The van der Waals surface area contributed by atoms with E-state index in [1.165, 1.54) is 0 Å². The van der Waals surface area contributed by atoms with Crippen LogP contribution in [0.3, 0.4) is 0 Å². The number of carbonyl (C=O) groups excluding carboxylic acids is 2. The molecule has 3 N–H and O–H groups in total. The fraction of sp³-hybridized carbons (Fsp3) is 0.429. The molecule has 21 heavy (non-hydrogen) atoms. The number of carbonyl (C=O) groups is 2. The number of nitrogen functional groups attached to an aromatic ring is 1. The van der Waals surface area contributed by atoms with E-state index in [2.05, 4.69) is 5.32 Å². The van der Waals surface area contributed by atoms with E-state index in [9.17, 15) is 9.59 Å². The molecule has 0 aliphatic carbocycles. The molecule has 1 unspecified atom stereocenters. The molecule has 7 heteroatoms. The van der Waals surface area contributed by atoms with Crippen molar-refractivity contribution < 1.29 is 14.3 Å². The van der Waals surface area contributed by atoms with E-state index in [1.807, 2.05) is 6.92 Å². The number of nitrogens with two attached hydrogens (primary N) is 1. The first-order chi connectivity index (χ1) is 9.55. The van der Waals surface area contributed by atoms with Crippen molar-refractivity contribution in [2.75, 3.05) is 31.2 Å². The SMILES string of the molecule is CCN1CC(C(=O)Nc2cc(OC)ccc2N)CC1=O.Cl. The van der Waals surface area contributed by atoms with E-state index in [0.717, 1.165) is 0 Å². The summed E-state index contributed by atoms with van der Waals surface area (Å²) in [6.45, 7) is 2.99. The standard InChI is InChI=1S/C14H19N3O3.ClH/c1-3-17-8-9(6-13(17)18)14(19)16-12-7-10(20-2)4-5-11(12)15;/h4-5,7,9H,3,6,8,15H2,1-2H3,(H,16,19);1H. The minimum Gasteiger partial charge on any atom is -0.497 e. The predicted octanol–water partition coefficient (Wildman–Crippen LogP) is 1.51. The highest BCUT2D eigenvalue weighted by molar-refractivity contribution is 5.99. The minimum absolute atomic E-state index is 0. The predicted molar refractivity (Wildman–Crippen MR) is 83.6 cm³/mol. The van der Waals surface area contributed by atoms with Gasteiger partial charge in [0, 0.05) is 25.6 Å². The summed E-state index contributed by atoms with van der Waals surface area (Å²) in [5.74, 6) is 0.126. The zero-order valence-corrected chi connectivity index (χ0v) is 12.9. The lowest BCUT2D eigenvalue weighted by Gasteiger charge is -2.14. The highest BCUT2D eigenvalue weighted by Gasteiger charge is 2.33. The molecule has 2 rings (SSSR count). The maximum Gasteiger partial charge on any atom is 0.229 e. The molecule has 1 aromatic rings. The van der Waals surface area contributed by atoms with Gasteiger partial charge in [0.25, 0.3) is 0 Å². The summed E-state index contributed by atoms with van der Waals surface area (Å²) in [6, 6.07) is 5.07. The van der Waals surface area contributed by atoms with Crippen LogP contribution in [-0.2, 0) is 9.59 Å². The highest BCUT2D eigenvalue weighted by atomic mass is 35.5. The van der Waals surface area contributed by atoms with E-state index < -0.39 is 0 Å². The van der Waals surface area contributed by atoms with Crippen molar-refractivity contribution >= 4 is 35.6 Å². The third-order valence-corrected chi connectivity index (χ3v) is 3.49. The molecule has 1 fully saturated rings. The Kier molecular flexibility index (Phi) is 5.84. The number of hydrogen-bond acceptors (Lipinski definition) is 4. The fourth-order valence-electron chi connectivity index (χ4n) is 2.26. The molecule has 0 spiro atoms. The Balaban J connectivity index is 0.00000220. The van der Waals surface area contributed by atoms with Crippen LogP contribution < -0.4 is 15.8 Å². The van der Waals surface area contributed by atoms with Gasteiger partial charge in [-0.1, -0.05) is 0 Å². The average molecular weight is 314 g/mol. The molecule has 1 aromatic carbocycles. The Bertz CT molecular complexity index is 536. The number of benzene rings is 1. The molecular weight excluding hydrogens is 294 g/mol. The largest absolute Gasteiger partial charge is 0.497 e. The Morgan fingerprint density at radius 2 is 2.24 bits per heavy atom. The molecule has 1 atom stereocenters. The van der Waals surface area contributed by atoms with Gasteiger partial charge in [-0.3, -0.25) is 9.59 Å². The normalized spacial score (nSPS) is 17.3. The van der Waals surface area contributed by atoms with Crippen molar-refractivity contribution in [1.82, 2.24) is 4.90 Å². The maximum atomic E-state index is 12.2. The van der Waals surface area contributed by atoms with Gasteiger partial charge < -0.3 is 20.7 Å². The first-order valence-corrected chi connectivity index (χ1v) is 6.57. The van der Waals surface area contributed by atoms with Crippen LogP contribution >= 0.6 is 12.4 Å². The van der Waals surface area contributed by atoms with Crippen LogP contribution in [0.4, 0.5) is 11.4 Å². The molecular formula is C14H20ClN3O3. The lowest BCUT2D eigenvalue weighted by atomic mass is 10.1. The lowest BCUT2D eigenvalue weighted by molar-refractivity contribution is -0.128. The Hall–Kier alpha value is -1.95. The molecule has 2 amide bonds. The van der Waals surface area contributed by atoms with Gasteiger partial charge >= 0.3 is 0 Å². The van der Waals surface area contributed by atoms with Crippen LogP contribution in [0.25, 0.3) is 0 Å². The summed E-state index contributed by atoms with van der Waals surface area (Å²) in [5.41, 5.74) is 6.80. The third kappa shape index (κ3) is 3.78. The summed E-state index contributed by atoms with van der Waals surface area (Å²) in [7, 11) is 1.55. The topological polar surface area (TPSA) is 84.7 Å². The first kappa shape index (κ1) is 17.1. The summed E-state index contributed by atoms with van der Waals surface area (Å²) in [5, 5.41) is 2.77. The van der Waals surface area contributed by atoms with E-state index in [0.29, 0.717) is 30.2 Å². The summed E-state index contributed by atoms with van der Waals surface area (Å²) >= 11 is 0. The molecule has 6 nitrogen and oxygen atoms in total. The van der Waals surface area contributed by atoms with Crippen molar-refractivity contribution in [2.45, 2.75) is 13.3 Å². The molecule has 0 bridgehead atoms. The summed E-state index contributed by atoms with van der Waals surface area (Å²) in [6.07, 6.45) is 0.254. The van der Waals surface area contributed by atoms with Crippen LogP contribution in [0.1, 0.15) is 13.3 Å². The van der Waals surface area contributed by atoms with Crippen molar-refractivity contribution in [2.24, 2.45) is 5.92 Å². The first-order valence-electron chi connectivity index (χ1n) is 6.57. The van der Waals surface area contributed by atoms with Crippen LogP contribution in [-0.4, -0.2) is 36.9 Å². The number of ether oxygens (including phenoxy) is 1. The van der Waals surface area contributed by atoms with Crippen LogP contribution in [0, 0.1) is 5.92 Å². The van der Waals surface area contributed by atoms with Gasteiger partial charge in [0.15, 0.2) is 0 Å². The Labute approximate surface area is 130 Å². The number of methoxy groups -OCH3 is 1. The maximum absolute atomic E-state index is 12.2. The number of hydrogen-bond donors (Lipinski definition) is 2. The number of likely N-dealkylation sites (tertiary alicyclic amines) is 1. The average Bonchev–Trinajstić information content (AvgIpc) is 2.82. The lowest BCUT2D eigenvalue weighted by Crippen LogP contribution is -2.28. The van der Waals surface area contributed by atoms with E-state index in [-0.39, 0.29) is 36.6 Å². The van der Waals surface area contributed by atoms with Crippen LogP contribution in [0.5, 0.6) is 5.75 Å². The molecule has 1 aliphatic heterocycles. The van der Waals surface area contributed by atoms with Gasteiger partial charge in [-0.25, -0.2) is 0 Å². The van der Waals surface area contributed by atoms with Gasteiger partial charge in [-0.15, -0.1) is 12.4 Å². The molecule has 0 saturated carbocycles. The number of anilines is 2. The number of nitrogens with one attached hydrogen (secondary N) is 1. The number of amides is 2. The third-order valence-electron chi connectivity index (χ3n) is 3.49. The zero-order valence-electron chi connectivity index (χ0n) is 12.1. The smallest absolute Gasteiger partial charge is 0.229 e. The van der Waals surface area contributed by atoms with Gasteiger partial charge in [0.05, 0.1) is 24.4 Å². The van der Waals surface area contributed by atoms with Gasteiger partial charge in [0.2, 0.25) is 11.8 Å². The number of halogens is 1. The van der Waals surface area contributed by atoms with E-state index in [1.54, 1.807) is 30.2 Å². The van der Waals surface area contributed by atoms with Crippen molar-refractivity contribution in [3.8, 4) is 5.75 Å². The van der Waals surface area contributed by atoms with Crippen LogP contribution in [0.2, 0.25) is 0 Å². The molecule has 116 valence electrons. The Morgan fingerprint density at radius 1 is 1.52 bits per heavy atom. The van der Waals surface area contributed by atoms with E-state index >= 15 is 0 Å². The van der Waals surface area contributed by atoms with Crippen LogP contribution in [0.15, 0.2) is 18.2 Å². The molecule has 1 aliphatic rings. The monoisotopic (exact) mass is 313 g/mol. The second-order valence-electron chi connectivity index (χ2n) is 4.78.